The van der Waals surface area contributed by atoms with Crippen LogP contribution in [-0.2, 0) is 6.18 Å². The fourth-order valence-corrected chi connectivity index (χ4v) is 2.90. The van der Waals surface area contributed by atoms with E-state index in [1.54, 1.807) is 18.2 Å². The first-order chi connectivity index (χ1) is 9.34. The molecule has 0 saturated heterocycles. The van der Waals surface area contributed by atoms with E-state index in [0.29, 0.717) is 26.8 Å². The fraction of sp³-hybridized carbons (Fsp3) is 0.182. The second-order valence-electron chi connectivity index (χ2n) is 3.81. The van der Waals surface area contributed by atoms with Crippen molar-refractivity contribution in [2.24, 2.45) is 5.84 Å². The van der Waals surface area contributed by atoms with Crippen molar-refractivity contribution in [1.82, 2.24) is 10.4 Å². The summed E-state index contributed by atoms with van der Waals surface area (Å²) in [6.07, 6.45) is -3.37. The molecule has 0 saturated carbocycles. The molecule has 0 aliphatic heterocycles. The largest absolute Gasteiger partial charge is 0.443 e. The topological polar surface area (TPSA) is 50.9 Å². The van der Waals surface area contributed by atoms with Crippen LogP contribution in [0.4, 0.5) is 13.2 Å². The molecule has 108 valence electrons. The molecule has 1 unspecified atom stereocenters. The van der Waals surface area contributed by atoms with Crippen molar-refractivity contribution in [3.63, 3.8) is 0 Å². The predicted octanol–water partition coefficient (Wildman–Crippen LogP) is 4.02. The lowest BCUT2D eigenvalue weighted by Crippen LogP contribution is -2.28. The predicted molar refractivity (Wildman–Crippen MR) is 72.7 cm³/mol. The summed E-state index contributed by atoms with van der Waals surface area (Å²) in [6.45, 7) is 0. The quantitative estimate of drug-likeness (QED) is 0.654. The number of halogens is 5. The summed E-state index contributed by atoms with van der Waals surface area (Å²) >= 11 is 12.4. The SMILES string of the molecule is NNC(c1cnc(C(F)(F)F)s1)c1cccc(Cl)c1Cl. The van der Waals surface area contributed by atoms with E-state index >= 15 is 0 Å². The maximum Gasteiger partial charge on any atom is 0.443 e. The van der Waals surface area contributed by atoms with Crippen LogP contribution in [0.5, 0.6) is 0 Å². The molecule has 1 aromatic carbocycles. The first kappa shape index (κ1) is 15.5. The molecular weight excluding hydrogens is 334 g/mol. The summed E-state index contributed by atoms with van der Waals surface area (Å²) in [5.41, 5.74) is 2.91. The highest BCUT2D eigenvalue weighted by Gasteiger charge is 2.35. The molecule has 2 rings (SSSR count). The third-order valence-electron chi connectivity index (χ3n) is 2.51. The fourth-order valence-electron chi connectivity index (χ4n) is 1.62. The number of nitrogens with zero attached hydrogens (tertiary/aromatic N) is 1. The Morgan fingerprint density at radius 2 is 2.00 bits per heavy atom. The van der Waals surface area contributed by atoms with Crippen molar-refractivity contribution in [1.29, 1.82) is 0 Å². The minimum Gasteiger partial charge on any atom is -0.271 e. The van der Waals surface area contributed by atoms with Crippen LogP contribution in [0.3, 0.4) is 0 Å². The molecule has 0 fully saturated rings. The highest BCUT2D eigenvalue weighted by molar-refractivity contribution is 7.11. The first-order valence-electron chi connectivity index (χ1n) is 5.27. The van der Waals surface area contributed by atoms with Crippen LogP contribution < -0.4 is 11.3 Å². The zero-order valence-electron chi connectivity index (χ0n) is 9.71. The molecule has 0 bridgehead atoms. The number of alkyl halides is 3. The van der Waals surface area contributed by atoms with Gasteiger partial charge in [-0.05, 0) is 11.6 Å². The minimum absolute atomic E-state index is 0.235. The molecule has 1 aromatic heterocycles. The summed E-state index contributed by atoms with van der Waals surface area (Å²) in [4.78, 5) is 3.65. The van der Waals surface area contributed by atoms with Gasteiger partial charge in [-0.1, -0.05) is 35.3 Å². The van der Waals surface area contributed by atoms with Gasteiger partial charge in [0.15, 0.2) is 5.01 Å². The molecule has 20 heavy (non-hydrogen) atoms. The number of aromatic nitrogens is 1. The third-order valence-corrected chi connectivity index (χ3v) is 4.45. The van der Waals surface area contributed by atoms with Crippen molar-refractivity contribution in [2.75, 3.05) is 0 Å². The number of nitrogens with one attached hydrogen (secondary N) is 1. The van der Waals surface area contributed by atoms with E-state index in [0.717, 1.165) is 6.20 Å². The number of hydrazine groups is 1. The molecule has 2 aromatic rings. The first-order valence-corrected chi connectivity index (χ1v) is 6.84. The van der Waals surface area contributed by atoms with Crippen LogP contribution >= 0.6 is 34.5 Å². The zero-order chi connectivity index (χ0) is 14.9. The molecule has 1 heterocycles. The second-order valence-corrected chi connectivity index (χ2v) is 5.66. The maximum absolute atomic E-state index is 12.6. The Bertz CT molecular complexity index is 615. The van der Waals surface area contributed by atoms with Gasteiger partial charge in [-0.15, -0.1) is 11.3 Å². The molecule has 3 N–H and O–H groups in total. The van der Waals surface area contributed by atoms with Gasteiger partial charge in [0.25, 0.3) is 0 Å². The molecule has 0 radical (unpaired) electrons. The summed E-state index contributed by atoms with van der Waals surface area (Å²) in [5.74, 6) is 5.42. The molecule has 1 atom stereocenters. The Morgan fingerprint density at radius 1 is 1.30 bits per heavy atom. The normalized spacial score (nSPS) is 13.5. The van der Waals surface area contributed by atoms with Gasteiger partial charge >= 0.3 is 6.18 Å². The summed E-state index contributed by atoms with van der Waals surface area (Å²) in [5, 5.41) is -0.407. The zero-order valence-corrected chi connectivity index (χ0v) is 12.0. The van der Waals surface area contributed by atoms with E-state index < -0.39 is 17.2 Å². The Balaban J connectivity index is 2.43. The van der Waals surface area contributed by atoms with Gasteiger partial charge in [-0.2, -0.15) is 13.2 Å². The Labute approximate surface area is 126 Å². The van der Waals surface area contributed by atoms with Crippen LogP contribution in [0.2, 0.25) is 10.0 Å². The van der Waals surface area contributed by atoms with Gasteiger partial charge in [0.05, 0.1) is 16.1 Å². The summed E-state index contributed by atoms with van der Waals surface area (Å²) < 4.78 is 37.7. The van der Waals surface area contributed by atoms with Gasteiger partial charge in [0.2, 0.25) is 0 Å². The van der Waals surface area contributed by atoms with Crippen molar-refractivity contribution in [2.45, 2.75) is 12.2 Å². The van der Waals surface area contributed by atoms with Gasteiger partial charge < -0.3 is 0 Å². The monoisotopic (exact) mass is 341 g/mol. The molecule has 0 aliphatic carbocycles. The number of hydrogen-bond acceptors (Lipinski definition) is 4. The van der Waals surface area contributed by atoms with E-state index in [1.165, 1.54) is 0 Å². The Kier molecular flexibility index (Phi) is 4.55. The highest BCUT2D eigenvalue weighted by Crippen LogP contribution is 2.38. The van der Waals surface area contributed by atoms with Crippen LogP contribution in [0, 0.1) is 0 Å². The molecular formula is C11H8Cl2F3N3S. The smallest absolute Gasteiger partial charge is 0.271 e. The van der Waals surface area contributed by atoms with Crippen LogP contribution in [-0.4, -0.2) is 4.98 Å². The van der Waals surface area contributed by atoms with E-state index in [2.05, 4.69) is 10.4 Å². The highest BCUT2D eigenvalue weighted by atomic mass is 35.5. The van der Waals surface area contributed by atoms with Gasteiger partial charge in [0, 0.05) is 11.1 Å². The lowest BCUT2D eigenvalue weighted by Gasteiger charge is -2.16. The Hall–Kier alpha value is -0.860. The average Bonchev–Trinajstić information content (AvgIpc) is 2.85. The van der Waals surface area contributed by atoms with Crippen molar-refractivity contribution >= 4 is 34.5 Å². The maximum atomic E-state index is 12.6. The van der Waals surface area contributed by atoms with Crippen LogP contribution in [0.1, 0.15) is 21.5 Å². The van der Waals surface area contributed by atoms with Crippen LogP contribution in [0.15, 0.2) is 24.4 Å². The van der Waals surface area contributed by atoms with Crippen LogP contribution in [0.25, 0.3) is 0 Å². The number of hydrogen-bond donors (Lipinski definition) is 2. The number of nitrogens with two attached hydrogens (primary N) is 1. The molecule has 0 amide bonds. The minimum atomic E-state index is -4.49. The Morgan fingerprint density at radius 3 is 2.55 bits per heavy atom. The van der Waals surface area contributed by atoms with E-state index in [1.807, 2.05) is 0 Å². The molecule has 0 aliphatic rings. The van der Waals surface area contributed by atoms with E-state index in [4.69, 9.17) is 29.0 Å². The molecule has 9 heteroatoms. The number of thiazole rings is 1. The van der Waals surface area contributed by atoms with Crippen molar-refractivity contribution < 1.29 is 13.2 Å². The standard InChI is InChI=1S/C11H8Cl2F3N3S/c12-6-3-1-2-5(8(6)13)9(19-17)7-4-18-10(20-7)11(14,15)16/h1-4,9,19H,17H2. The number of rotatable bonds is 3. The lowest BCUT2D eigenvalue weighted by atomic mass is 10.1. The van der Waals surface area contributed by atoms with Crippen molar-refractivity contribution in [3.8, 4) is 0 Å². The summed E-state index contributed by atoms with van der Waals surface area (Å²) in [7, 11) is 0. The molecule has 3 nitrogen and oxygen atoms in total. The summed E-state index contributed by atoms with van der Waals surface area (Å²) in [6, 6.07) is 4.13. The van der Waals surface area contributed by atoms with E-state index in [-0.39, 0.29) is 5.02 Å². The van der Waals surface area contributed by atoms with Crippen molar-refractivity contribution in [3.05, 3.63) is 49.9 Å². The molecule has 0 spiro atoms. The third kappa shape index (κ3) is 3.07. The number of benzene rings is 1. The van der Waals surface area contributed by atoms with Gasteiger partial charge in [-0.3, -0.25) is 5.84 Å². The second kappa shape index (κ2) is 5.87. The van der Waals surface area contributed by atoms with E-state index in [9.17, 15) is 13.2 Å². The van der Waals surface area contributed by atoms with Gasteiger partial charge in [-0.25, -0.2) is 10.4 Å². The lowest BCUT2D eigenvalue weighted by molar-refractivity contribution is -0.137. The van der Waals surface area contributed by atoms with Gasteiger partial charge in [0.1, 0.15) is 0 Å². The average molecular weight is 342 g/mol.